The second-order valence-corrected chi connectivity index (χ2v) is 7.27. The third-order valence-corrected chi connectivity index (χ3v) is 4.92. The van der Waals surface area contributed by atoms with Crippen LogP contribution in [0.1, 0.15) is 30.6 Å². The molecule has 1 aromatic rings. The van der Waals surface area contributed by atoms with Crippen LogP contribution < -0.4 is 4.72 Å². The standard InChI is InChI=1S/C13H19N3O4S/c1-9-5-10(2)8-16(7-9)21(19,20)15-12-6-14-4-3-11(12)13(17)18/h3-4,6,9-10,15H,5,7-8H2,1-2H3,(H,17,18). The van der Waals surface area contributed by atoms with Crippen molar-refractivity contribution in [2.75, 3.05) is 17.8 Å². The molecule has 0 bridgehead atoms. The maximum atomic E-state index is 12.4. The molecule has 2 N–H and O–H groups in total. The second-order valence-electron chi connectivity index (χ2n) is 5.60. The SMILES string of the molecule is CC1CC(C)CN(S(=O)(=O)Nc2cnccc2C(=O)O)C1. The first-order chi connectivity index (χ1) is 9.79. The minimum Gasteiger partial charge on any atom is -0.478 e. The first-order valence-electron chi connectivity index (χ1n) is 6.74. The summed E-state index contributed by atoms with van der Waals surface area (Å²) in [7, 11) is -3.78. The molecule has 1 saturated heterocycles. The van der Waals surface area contributed by atoms with E-state index in [-0.39, 0.29) is 23.1 Å². The fraction of sp³-hybridized carbons (Fsp3) is 0.538. The van der Waals surface area contributed by atoms with Crippen LogP contribution in [-0.2, 0) is 10.2 Å². The number of carbonyl (C=O) groups is 1. The molecule has 0 aromatic carbocycles. The number of rotatable bonds is 4. The van der Waals surface area contributed by atoms with Gasteiger partial charge in [0.25, 0.3) is 0 Å². The van der Waals surface area contributed by atoms with E-state index in [4.69, 9.17) is 5.11 Å². The van der Waals surface area contributed by atoms with Gasteiger partial charge >= 0.3 is 16.2 Å². The average Bonchev–Trinajstić information content (AvgIpc) is 2.37. The Morgan fingerprint density at radius 2 is 2.00 bits per heavy atom. The van der Waals surface area contributed by atoms with Gasteiger partial charge in [0.05, 0.1) is 17.4 Å². The number of nitrogens with one attached hydrogen (secondary N) is 1. The molecule has 1 fully saturated rings. The lowest BCUT2D eigenvalue weighted by molar-refractivity contribution is 0.0698. The number of anilines is 1. The molecule has 0 aliphatic carbocycles. The number of hydrogen-bond donors (Lipinski definition) is 2. The number of piperidine rings is 1. The molecule has 1 aromatic heterocycles. The molecule has 21 heavy (non-hydrogen) atoms. The molecular formula is C13H19N3O4S. The number of carboxylic acids is 1. The highest BCUT2D eigenvalue weighted by Gasteiger charge is 2.31. The molecule has 0 amide bonds. The highest BCUT2D eigenvalue weighted by Crippen LogP contribution is 2.24. The number of aromatic carboxylic acids is 1. The Morgan fingerprint density at radius 3 is 2.57 bits per heavy atom. The van der Waals surface area contributed by atoms with Gasteiger partial charge in [0, 0.05) is 19.3 Å². The Labute approximate surface area is 124 Å². The zero-order valence-electron chi connectivity index (χ0n) is 12.0. The lowest BCUT2D eigenvalue weighted by Crippen LogP contribution is -2.45. The lowest BCUT2D eigenvalue weighted by Gasteiger charge is -2.34. The van der Waals surface area contributed by atoms with Gasteiger partial charge in [-0.1, -0.05) is 13.8 Å². The van der Waals surface area contributed by atoms with Crippen LogP contribution >= 0.6 is 0 Å². The molecule has 2 rings (SSSR count). The van der Waals surface area contributed by atoms with Gasteiger partial charge in [-0.25, -0.2) is 4.79 Å². The molecule has 2 heterocycles. The Hall–Kier alpha value is -1.67. The van der Waals surface area contributed by atoms with E-state index in [0.29, 0.717) is 13.1 Å². The van der Waals surface area contributed by atoms with Crippen LogP contribution in [0.5, 0.6) is 0 Å². The van der Waals surface area contributed by atoms with Crippen LogP contribution in [-0.4, -0.2) is 41.9 Å². The zero-order valence-corrected chi connectivity index (χ0v) is 12.8. The normalized spacial score (nSPS) is 23.7. The number of nitrogens with zero attached hydrogens (tertiary/aromatic N) is 2. The van der Waals surface area contributed by atoms with E-state index in [2.05, 4.69) is 9.71 Å². The van der Waals surface area contributed by atoms with Crippen molar-refractivity contribution < 1.29 is 18.3 Å². The highest BCUT2D eigenvalue weighted by molar-refractivity contribution is 7.90. The summed E-state index contributed by atoms with van der Waals surface area (Å²) in [6.07, 6.45) is 3.50. The Kier molecular flexibility index (Phi) is 4.48. The van der Waals surface area contributed by atoms with Crippen LogP contribution in [0, 0.1) is 11.8 Å². The van der Waals surface area contributed by atoms with E-state index < -0.39 is 16.2 Å². The first kappa shape index (κ1) is 15.7. The molecule has 1 aliphatic rings. The molecule has 2 atom stereocenters. The van der Waals surface area contributed by atoms with Crippen LogP contribution in [0.2, 0.25) is 0 Å². The number of carboxylic acid groups (broad SMARTS) is 1. The molecule has 0 spiro atoms. The van der Waals surface area contributed by atoms with Crippen molar-refractivity contribution in [1.29, 1.82) is 0 Å². The Morgan fingerprint density at radius 1 is 1.38 bits per heavy atom. The summed E-state index contributed by atoms with van der Waals surface area (Å²) in [4.78, 5) is 14.9. The lowest BCUT2D eigenvalue weighted by atomic mass is 9.94. The molecule has 0 saturated carbocycles. The largest absolute Gasteiger partial charge is 0.478 e. The topological polar surface area (TPSA) is 99.6 Å². The third-order valence-electron chi connectivity index (χ3n) is 3.47. The zero-order chi connectivity index (χ0) is 15.6. The molecular weight excluding hydrogens is 294 g/mol. The van der Waals surface area contributed by atoms with Crippen LogP contribution in [0.15, 0.2) is 18.5 Å². The van der Waals surface area contributed by atoms with Gasteiger partial charge < -0.3 is 5.11 Å². The summed E-state index contributed by atoms with van der Waals surface area (Å²) < 4.78 is 28.5. The van der Waals surface area contributed by atoms with Gasteiger partial charge in [-0.3, -0.25) is 9.71 Å². The van der Waals surface area contributed by atoms with Gasteiger partial charge in [-0.05, 0) is 24.3 Å². The monoisotopic (exact) mass is 313 g/mol. The molecule has 2 unspecified atom stereocenters. The number of aromatic nitrogens is 1. The predicted molar refractivity (Wildman–Crippen MR) is 78.3 cm³/mol. The third kappa shape index (κ3) is 3.70. The van der Waals surface area contributed by atoms with E-state index in [9.17, 15) is 13.2 Å². The molecule has 1 aliphatic heterocycles. The summed E-state index contributed by atoms with van der Waals surface area (Å²) in [5, 5.41) is 9.08. The highest BCUT2D eigenvalue weighted by atomic mass is 32.2. The van der Waals surface area contributed by atoms with E-state index in [0.717, 1.165) is 6.42 Å². The number of hydrogen-bond acceptors (Lipinski definition) is 4. The quantitative estimate of drug-likeness (QED) is 0.875. The molecule has 116 valence electrons. The van der Waals surface area contributed by atoms with E-state index in [1.807, 2.05) is 13.8 Å². The van der Waals surface area contributed by atoms with Crippen LogP contribution in [0.3, 0.4) is 0 Å². The van der Waals surface area contributed by atoms with E-state index >= 15 is 0 Å². The van der Waals surface area contributed by atoms with Crippen LogP contribution in [0.4, 0.5) is 5.69 Å². The van der Waals surface area contributed by atoms with E-state index in [1.54, 1.807) is 0 Å². The van der Waals surface area contributed by atoms with Crippen molar-refractivity contribution in [3.05, 3.63) is 24.0 Å². The van der Waals surface area contributed by atoms with Gasteiger partial charge in [0.2, 0.25) is 0 Å². The van der Waals surface area contributed by atoms with Gasteiger partial charge in [-0.15, -0.1) is 0 Å². The minimum absolute atomic E-state index is 0.0177. The minimum atomic E-state index is -3.78. The maximum Gasteiger partial charge on any atom is 0.337 e. The average molecular weight is 313 g/mol. The molecule has 7 nitrogen and oxygen atoms in total. The summed E-state index contributed by atoms with van der Waals surface area (Å²) in [5.41, 5.74) is -0.137. The van der Waals surface area contributed by atoms with Gasteiger partial charge in [-0.2, -0.15) is 12.7 Å². The summed E-state index contributed by atoms with van der Waals surface area (Å²) >= 11 is 0. The predicted octanol–water partition coefficient (Wildman–Crippen LogP) is 1.41. The van der Waals surface area contributed by atoms with Gasteiger partial charge in [0.1, 0.15) is 0 Å². The second kappa shape index (κ2) is 5.98. The summed E-state index contributed by atoms with van der Waals surface area (Å²) in [5.74, 6) is -0.646. The van der Waals surface area contributed by atoms with Crippen molar-refractivity contribution in [3.63, 3.8) is 0 Å². The summed E-state index contributed by atoms with van der Waals surface area (Å²) in [6, 6.07) is 1.27. The van der Waals surface area contributed by atoms with Crippen LogP contribution in [0.25, 0.3) is 0 Å². The van der Waals surface area contributed by atoms with Crippen molar-refractivity contribution in [2.45, 2.75) is 20.3 Å². The fourth-order valence-electron chi connectivity index (χ4n) is 2.67. The maximum absolute atomic E-state index is 12.4. The molecule has 0 radical (unpaired) electrons. The Balaban J connectivity index is 2.24. The Bertz CT molecular complexity index is 622. The molecule has 8 heteroatoms. The van der Waals surface area contributed by atoms with Crippen molar-refractivity contribution in [2.24, 2.45) is 11.8 Å². The fourth-order valence-corrected chi connectivity index (χ4v) is 4.14. The van der Waals surface area contributed by atoms with Crippen molar-refractivity contribution >= 4 is 21.9 Å². The van der Waals surface area contributed by atoms with Crippen molar-refractivity contribution in [1.82, 2.24) is 9.29 Å². The number of pyridine rings is 1. The first-order valence-corrected chi connectivity index (χ1v) is 8.19. The van der Waals surface area contributed by atoms with E-state index in [1.165, 1.54) is 22.8 Å². The smallest absolute Gasteiger partial charge is 0.337 e. The van der Waals surface area contributed by atoms with Crippen molar-refractivity contribution in [3.8, 4) is 0 Å². The van der Waals surface area contributed by atoms with Gasteiger partial charge in [0.15, 0.2) is 0 Å². The summed E-state index contributed by atoms with van der Waals surface area (Å²) in [6.45, 7) is 4.88.